The lowest BCUT2D eigenvalue weighted by Crippen LogP contribution is -2.59. The van der Waals surface area contributed by atoms with Gasteiger partial charge in [0.15, 0.2) is 5.60 Å². The van der Waals surface area contributed by atoms with Gasteiger partial charge >= 0.3 is 0 Å². The normalized spacial score (nSPS) is 21.7. The third kappa shape index (κ3) is 7.73. The van der Waals surface area contributed by atoms with Crippen molar-refractivity contribution >= 4 is 46.7 Å². The highest BCUT2D eigenvalue weighted by Crippen LogP contribution is 2.46. The van der Waals surface area contributed by atoms with Crippen molar-refractivity contribution in [1.82, 2.24) is 20.9 Å². The van der Waals surface area contributed by atoms with Crippen LogP contribution in [0, 0.1) is 17.3 Å². The van der Waals surface area contributed by atoms with Gasteiger partial charge in [0.2, 0.25) is 23.5 Å². The van der Waals surface area contributed by atoms with E-state index in [1.54, 1.807) is 6.07 Å². The van der Waals surface area contributed by atoms with E-state index >= 15 is 0 Å². The molecule has 0 radical (unpaired) electrons. The summed E-state index contributed by atoms with van der Waals surface area (Å²) >= 11 is 6.28. The second-order valence-corrected chi connectivity index (χ2v) is 14.9. The maximum atomic E-state index is 14.5. The zero-order valence-corrected chi connectivity index (χ0v) is 28.0. The minimum Gasteiger partial charge on any atom is -0.382 e. The Balaban J connectivity index is 1.40. The molecule has 2 saturated carbocycles. The Labute approximate surface area is 275 Å². The summed E-state index contributed by atoms with van der Waals surface area (Å²) < 4.78 is 0. The molecule has 12 heteroatoms. The van der Waals surface area contributed by atoms with E-state index in [2.05, 4.69) is 21.1 Å². The molecule has 3 aliphatic carbocycles. The van der Waals surface area contributed by atoms with Crippen molar-refractivity contribution in [2.45, 2.75) is 103 Å². The van der Waals surface area contributed by atoms with Gasteiger partial charge in [-0.05, 0) is 48.6 Å². The second kappa shape index (κ2) is 13.7. The number of benzene rings is 1. The van der Waals surface area contributed by atoms with Crippen LogP contribution in [0.2, 0.25) is 5.02 Å². The molecule has 0 aromatic heterocycles. The van der Waals surface area contributed by atoms with Gasteiger partial charge in [-0.25, -0.2) is 0 Å². The van der Waals surface area contributed by atoms with Gasteiger partial charge in [-0.3, -0.25) is 24.0 Å². The summed E-state index contributed by atoms with van der Waals surface area (Å²) in [5, 5.41) is 12.9. The standard InChI is InChI=1S/C34H46ClN5O6/c1-33(2,3)30(38-27(41)15-20-8-6-5-7-9-20)32(45)40(18-28(42)37-25(14-21-10-11-21)29(43)31(44)36-4)19-34-17-26(39-46-34)23-16-22(35)12-13-24(23)34/h12-13,16,20-21,25,30H,5-11,14-15,17-19H2,1-4H3,(H,36,44)(H,37,42)(H,38,41)/t25-,30+,34+/m0/s1. The quantitative estimate of drug-likeness (QED) is 0.277. The van der Waals surface area contributed by atoms with E-state index < -0.39 is 53.1 Å². The number of halogens is 1. The Morgan fingerprint density at radius 3 is 2.39 bits per heavy atom. The summed E-state index contributed by atoms with van der Waals surface area (Å²) in [6.45, 7) is 5.20. The van der Waals surface area contributed by atoms with Crippen LogP contribution in [0.15, 0.2) is 23.4 Å². The molecule has 0 spiro atoms. The van der Waals surface area contributed by atoms with Gasteiger partial charge in [-0.1, -0.05) is 75.7 Å². The number of hydrogen-bond acceptors (Lipinski definition) is 7. The van der Waals surface area contributed by atoms with Gasteiger partial charge in [-0.15, -0.1) is 0 Å². The van der Waals surface area contributed by atoms with Crippen LogP contribution >= 0.6 is 11.6 Å². The predicted octanol–water partition coefficient (Wildman–Crippen LogP) is 3.60. The number of carbonyl (C=O) groups excluding carboxylic acids is 5. The van der Waals surface area contributed by atoms with E-state index in [1.165, 1.54) is 18.4 Å². The van der Waals surface area contributed by atoms with E-state index in [0.717, 1.165) is 49.7 Å². The number of hydrogen-bond donors (Lipinski definition) is 3. The number of oxime groups is 1. The number of nitrogens with zero attached hydrogens (tertiary/aromatic N) is 2. The molecule has 1 aromatic rings. The van der Waals surface area contributed by atoms with E-state index in [4.69, 9.17) is 16.4 Å². The average Bonchev–Trinajstić information content (AvgIpc) is 3.66. The SMILES string of the molecule is CNC(=O)C(=O)[C@H](CC1CC1)NC(=O)CN(C[C@@]12CC(=NO1)c1cc(Cl)ccc12)C(=O)[C@@H](NC(=O)CC1CCCCC1)C(C)(C)C. The lowest BCUT2D eigenvalue weighted by molar-refractivity contribution is -0.147. The molecule has 3 atom stereocenters. The van der Waals surface area contributed by atoms with Crippen LogP contribution in [-0.4, -0.2) is 72.2 Å². The van der Waals surface area contributed by atoms with E-state index in [-0.39, 0.29) is 24.3 Å². The summed E-state index contributed by atoms with van der Waals surface area (Å²) in [7, 11) is 1.37. The maximum absolute atomic E-state index is 14.5. The highest BCUT2D eigenvalue weighted by atomic mass is 35.5. The number of fused-ring (bicyclic) bond motifs is 5. The molecule has 11 nitrogen and oxygen atoms in total. The number of rotatable bonds is 13. The van der Waals surface area contributed by atoms with Crippen molar-refractivity contribution < 1.29 is 28.8 Å². The number of nitrogens with one attached hydrogen (secondary N) is 3. The van der Waals surface area contributed by atoms with Crippen molar-refractivity contribution in [3.8, 4) is 0 Å². The Morgan fingerprint density at radius 1 is 1.02 bits per heavy atom. The van der Waals surface area contributed by atoms with E-state index in [9.17, 15) is 24.0 Å². The van der Waals surface area contributed by atoms with Crippen LogP contribution in [0.5, 0.6) is 0 Å². The van der Waals surface area contributed by atoms with Gasteiger partial charge < -0.3 is 25.7 Å². The Morgan fingerprint density at radius 2 is 1.74 bits per heavy atom. The topological polar surface area (TPSA) is 146 Å². The smallest absolute Gasteiger partial charge is 0.289 e. The summed E-state index contributed by atoms with van der Waals surface area (Å²) in [5.41, 5.74) is 0.641. The van der Waals surface area contributed by atoms with Gasteiger partial charge in [-0.2, -0.15) is 0 Å². The van der Waals surface area contributed by atoms with Crippen LogP contribution in [0.1, 0.15) is 96.1 Å². The average molecular weight is 656 g/mol. The molecule has 5 rings (SSSR count). The molecular formula is C34H46ClN5O6. The van der Waals surface area contributed by atoms with Crippen molar-refractivity contribution in [3.63, 3.8) is 0 Å². The molecule has 0 unspecified atom stereocenters. The molecule has 46 heavy (non-hydrogen) atoms. The molecule has 1 aromatic carbocycles. The second-order valence-electron chi connectivity index (χ2n) is 14.5. The zero-order chi connectivity index (χ0) is 33.2. The van der Waals surface area contributed by atoms with Crippen molar-refractivity contribution in [2.75, 3.05) is 20.1 Å². The molecule has 3 N–H and O–H groups in total. The summed E-state index contributed by atoms with van der Waals surface area (Å²) in [5.74, 6) is -2.17. The molecule has 2 fully saturated rings. The third-order valence-corrected chi connectivity index (χ3v) is 9.88. The molecule has 4 amide bonds. The van der Waals surface area contributed by atoms with Crippen LogP contribution in [-0.2, 0) is 34.4 Å². The van der Waals surface area contributed by atoms with Crippen molar-refractivity contribution in [3.05, 3.63) is 34.3 Å². The van der Waals surface area contributed by atoms with Crippen LogP contribution in [0.3, 0.4) is 0 Å². The third-order valence-electron chi connectivity index (χ3n) is 9.65. The number of likely N-dealkylation sites (N-methyl/N-ethyl adjacent to an activating group) is 1. The number of Topliss-reactive ketones (excluding diaryl/α,β-unsaturated/α-hetero) is 1. The molecule has 1 heterocycles. The van der Waals surface area contributed by atoms with Crippen molar-refractivity contribution in [2.24, 2.45) is 22.4 Å². The Hall–Kier alpha value is -3.47. The van der Waals surface area contributed by atoms with Crippen LogP contribution in [0.4, 0.5) is 0 Å². The van der Waals surface area contributed by atoms with Crippen molar-refractivity contribution in [1.29, 1.82) is 0 Å². The summed E-state index contributed by atoms with van der Waals surface area (Å²) in [6, 6.07) is 3.48. The number of ketones is 1. The first kappa shape index (κ1) is 33.9. The first-order valence-electron chi connectivity index (χ1n) is 16.5. The highest BCUT2D eigenvalue weighted by Gasteiger charge is 2.52. The molecule has 2 bridgehead atoms. The Bertz CT molecular complexity index is 1410. The lowest BCUT2D eigenvalue weighted by atomic mass is 9.84. The highest BCUT2D eigenvalue weighted by molar-refractivity contribution is 6.38. The molecule has 1 aliphatic heterocycles. The van der Waals surface area contributed by atoms with Crippen LogP contribution < -0.4 is 16.0 Å². The van der Waals surface area contributed by atoms with Crippen LogP contribution in [0.25, 0.3) is 0 Å². The molecule has 0 saturated heterocycles. The molecular weight excluding hydrogens is 610 g/mol. The summed E-state index contributed by atoms with van der Waals surface area (Å²) in [4.78, 5) is 73.9. The zero-order valence-electron chi connectivity index (χ0n) is 27.2. The number of carbonyl (C=O) groups is 5. The minimum atomic E-state index is -1.04. The summed E-state index contributed by atoms with van der Waals surface area (Å²) in [6.07, 6.45) is 8.33. The fraction of sp³-hybridized carbons (Fsp3) is 0.647. The molecule has 250 valence electrons. The van der Waals surface area contributed by atoms with Gasteiger partial charge in [0, 0.05) is 36.0 Å². The first-order valence-corrected chi connectivity index (χ1v) is 16.9. The largest absolute Gasteiger partial charge is 0.382 e. The van der Waals surface area contributed by atoms with Gasteiger partial charge in [0.25, 0.3) is 5.91 Å². The number of amides is 4. The monoisotopic (exact) mass is 655 g/mol. The molecule has 4 aliphatic rings. The maximum Gasteiger partial charge on any atom is 0.289 e. The first-order chi connectivity index (χ1) is 21.8. The van der Waals surface area contributed by atoms with Gasteiger partial charge in [0.05, 0.1) is 24.8 Å². The minimum absolute atomic E-state index is 0.0252. The van der Waals surface area contributed by atoms with E-state index in [0.29, 0.717) is 30.0 Å². The van der Waals surface area contributed by atoms with Gasteiger partial charge in [0.1, 0.15) is 6.04 Å². The van der Waals surface area contributed by atoms with E-state index in [1.807, 2.05) is 32.9 Å². The Kier molecular flexibility index (Phi) is 10.1. The predicted molar refractivity (Wildman–Crippen MR) is 173 cm³/mol. The lowest BCUT2D eigenvalue weighted by Gasteiger charge is -2.38. The fourth-order valence-corrected chi connectivity index (χ4v) is 7.10. The fourth-order valence-electron chi connectivity index (χ4n) is 6.93.